The molecule has 2 aromatic carbocycles. The van der Waals surface area contributed by atoms with Crippen LogP contribution in [0, 0.1) is 0 Å². The van der Waals surface area contributed by atoms with Gasteiger partial charge in [0.2, 0.25) is 5.95 Å². The second-order valence-electron chi connectivity index (χ2n) is 5.33. The SMILES string of the molecule is CCc1cnc(Nc2ccccc2)n(Cc2ccccc2)c1=O. The number of anilines is 2. The molecule has 116 valence electrons. The Morgan fingerprint density at radius 1 is 1.00 bits per heavy atom. The summed E-state index contributed by atoms with van der Waals surface area (Å²) in [4.78, 5) is 17.2. The van der Waals surface area contributed by atoms with Crippen LogP contribution in [0.3, 0.4) is 0 Å². The van der Waals surface area contributed by atoms with Crippen molar-refractivity contribution in [3.8, 4) is 0 Å². The Balaban J connectivity index is 2.01. The van der Waals surface area contributed by atoms with E-state index in [1.54, 1.807) is 10.8 Å². The highest BCUT2D eigenvalue weighted by atomic mass is 16.1. The van der Waals surface area contributed by atoms with Gasteiger partial charge in [0.05, 0.1) is 6.54 Å². The number of nitrogens with zero attached hydrogens (tertiary/aromatic N) is 2. The van der Waals surface area contributed by atoms with Crippen LogP contribution in [0.5, 0.6) is 0 Å². The van der Waals surface area contributed by atoms with Crippen LogP contribution in [-0.2, 0) is 13.0 Å². The molecule has 1 heterocycles. The van der Waals surface area contributed by atoms with Gasteiger partial charge in [-0.05, 0) is 24.1 Å². The van der Waals surface area contributed by atoms with Crippen molar-refractivity contribution < 1.29 is 0 Å². The zero-order valence-electron chi connectivity index (χ0n) is 13.1. The van der Waals surface area contributed by atoms with E-state index >= 15 is 0 Å². The van der Waals surface area contributed by atoms with Crippen molar-refractivity contribution in [1.82, 2.24) is 9.55 Å². The largest absolute Gasteiger partial charge is 0.326 e. The first-order valence-corrected chi connectivity index (χ1v) is 7.72. The highest BCUT2D eigenvalue weighted by molar-refractivity contribution is 5.53. The second kappa shape index (κ2) is 6.92. The molecule has 0 aliphatic carbocycles. The van der Waals surface area contributed by atoms with Gasteiger partial charge in [0.15, 0.2) is 0 Å². The maximum absolute atomic E-state index is 12.7. The fourth-order valence-electron chi connectivity index (χ4n) is 2.44. The van der Waals surface area contributed by atoms with Crippen molar-refractivity contribution in [2.75, 3.05) is 5.32 Å². The highest BCUT2D eigenvalue weighted by Crippen LogP contribution is 2.14. The number of para-hydroxylation sites is 1. The topological polar surface area (TPSA) is 46.9 Å². The minimum absolute atomic E-state index is 0.00443. The van der Waals surface area contributed by atoms with E-state index in [-0.39, 0.29) is 5.56 Å². The number of hydrogen-bond donors (Lipinski definition) is 1. The van der Waals surface area contributed by atoms with Crippen molar-refractivity contribution in [2.45, 2.75) is 19.9 Å². The molecular formula is C19H19N3O. The minimum Gasteiger partial charge on any atom is -0.326 e. The Morgan fingerprint density at radius 2 is 1.65 bits per heavy atom. The smallest absolute Gasteiger partial charge is 0.258 e. The van der Waals surface area contributed by atoms with Gasteiger partial charge in [-0.15, -0.1) is 0 Å². The van der Waals surface area contributed by atoms with Gasteiger partial charge in [0.1, 0.15) is 0 Å². The Labute approximate surface area is 135 Å². The lowest BCUT2D eigenvalue weighted by atomic mass is 10.2. The number of benzene rings is 2. The number of aryl methyl sites for hydroxylation is 1. The Hall–Kier alpha value is -2.88. The zero-order chi connectivity index (χ0) is 16.1. The standard InChI is InChI=1S/C19H19N3O/c1-2-16-13-20-19(21-17-11-7-4-8-12-17)22(18(16)23)14-15-9-5-3-6-10-15/h3-13H,2,14H2,1H3,(H,20,21). The molecule has 4 heteroatoms. The number of aromatic nitrogens is 2. The first kappa shape index (κ1) is 15.0. The molecule has 4 nitrogen and oxygen atoms in total. The summed E-state index contributed by atoms with van der Waals surface area (Å²) in [6.45, 7) is 2.46. The molecule has 0 spiro atoms. The third-order valence-corrected chi connectivity index (χ3v) is 3.71. The van der Waals surface area contributed by atoms with Crippen LogP contribution in [0.2, 0.25) is 0 Å². The summed E-state index contributed by atoms with van der Waals surface area (Å²) < 4.78 is 1.70. The molecule has 0 fully saturated rings. The highest BCUT2D eigenvalue weighted by Gasteiger charge is 2.10. The monoisotopic (exact) mass is 305 g/mol. The van der Waals surface area contributed by atoms with E-state index in [0.29, 0.717) is 18.9 Å². The van der Waals surface area contributed by atoms with Crippen LogP contribution in [0.4, 0.5) is 11.6 Å². The molecule has 0 amide bonds. The lowest BCUT2D eigenvalue weighted by molar-refractivity contribution is 0.734. The summed E-state index contributed by atoms with van der Waals surface area (Å²) in [5, 5.41) is 3.24. The molecule has 23 heavy (non-hydrogen) atoms. The lowest BCUT2D eigenvalue weighted by Crippen LogP contribution is -2.27. The van der Waals surface area contributed by atoms with E-state index < -0.39 is 0 Å². The quantitative estimate of drug-likeness (QED) is 0.783. The number of nitrogens with one attached hydrogen (secondary N) is 1. The molecule has 3 aromatic rings. The molecule has 1 N–H and O–H groups in total. The van der Waals surface area contributed by atoms with Crippen molar-refractivity contribution in [3.05, 3.63) is 88.3 Å². The lowest BCUT2D eigenvalue weighted by Gasteiger charge is -2.14. The van der Waals surface area contributed by atoms with Crippen LogP contribution < -0.4 is 10.9 Å². The molecule has 0 aliphatic rings. The summed E-state index contributed by atoms with van der Waals surface area (Å²) in [6.07, 6.45) is 2.33. The van der Waals surface area contributed by atoms with Crippen LogP contribution in [0.1, 0.15) is 18.1 Å². The first-order valence-electron chi connectivity index (χ1n) is 7.72. The summed E-state index contributed by atoms with van der Waals surface area (Å²) in [7, 11) is 0. The molecule has 0 radical (unpaired) electrons. The summed E-state index contributed by atoms with van der Waals surface area (Å²) >= 11 is 0. The fraction of sp³-hybridized carbons (Fsp3) is 0.158. The average molecular weight is 305 g/mol. The van der Waals surface area contributed by atoms with Gasteiger partial charge in [-0.3, -0.25) is 9.36 Å². The Morgan fingerprint density at radius 3 is 2.30 bits per heavy atom. The van der Waals surface area contributed by atoms with Gasteiger partial charge < -0.3 is 5.32 Å². The molecule has 1 aromatic heterocycles. The predicted octanol–water partition coefficient (Wildman–Crippen LogP) is 3.60. The van der Waals surface area contributed by atoms with Gasteiger partial charge in [-0.2, -0.15) is 0 Å². The van der Waals surface area contributed by atoms with Gasteiger partial charge in [-0.25, -0.2) is 4.98 Å². The molecule has 0 atom stereocenters. The molecule has 0 saturated heterocycles. The molecule has 0 saturated carbocycles. The maximum Gasteiger partial charge on any atom is 0.258 e. The normalized spacial score (nSPS) is 10.5. The molecule has 0 aliphatic heterocycles. The maximum atomic E-state index is 12.7. The van der Waals surface area contributed by atoms with E-state index in [2.05, 4.69) is 10.3 Å². The Bertz CT molecular complexity index is 826. The van der Waals surface area contributed by atoms with Gasteiger partial charge in [0, 0.05) is 17.4 Å². The van der Waals surface area contributed by atoms with E-state index in [0.717, 1.165) is 16.8 Å². The summed E-state index contributed by atoms with van der Waals surface area (Å²) in [5.74, 6) is 0.558. The molecular weight excluding hydrogens is 286 g/mol. The Kier molecular flexibility index (Phi) is 4.52. The van der Waals surface area contributed by atoms with Crippen LogP contribution in [0.25, 0.3) is 0 Å². The number of hydrogen-bond acceptors (Lipinski definition) is 3. The van der Waals surface area contributed by atoms with E-state index in [9.17, 15) is 4.79 Å². The van der Waals surface area contributed by atoms with Crippen molar-refractivity contribution in [2.24, 2.45) is 0 Å². The zero-order valence-corrected chi connectivity index (χ0v) is 13.1. The van der Waals surface area contributed by atoms with Gasteiger partial charge >= 0.3 is 0 Å². The van der Waals surface area contributed by atoms with Gasteiger partial charge in [0.25, 0.3) is 5.56 Å². The first-order chi connectivity index (χ1) is 11.3. The van der Waals surface area contributed by atoms with E-state index in [1.165, 1.54) is 0 Å². The molecule has 0 bridgehead atoms. The third-order valence-electron chi connectivity index (χ3n) is 3.71. The van der Waals surface area contributed by atoms with Crippen LogP contribution in [-0.4, -0.2) is 9.55 Å². The number of rotatable bonds is 5. The van der Waals surface area contributed by atoms with Crippen molar-refractivity contribution in [1.29, 1.82) is 0 Å². The van der Waals surface area contributed by atoms with Gasteiger partial charge in [-0.1, -0.05) is 55.5 Å². The van der Waals surface area contributed by atoms with E-state index in [4.69, 9.17) is 0 Å². The van der Waals surface area contributed by atoms with Crippen molar-refractivity contribution in [3.63, 3.8) is 0 Å². The molecule has 0 unspecified atom stereocenters. The second-order valence-corrected chi connectivity index (χ2v) is 5.33. The van der Waals surface area contributed by atoms with Crippen LogP contribution in [0.15, 0.2) is 71.7 Å². The minimum atomic E-state index is 0.00443. The summed E-state index contributed by atoms with van der Waals surface area (Å²) in [5.41, 5.74) is 2.70. The third kappa shape index (κ3) is 3.48. The fourth-order valence-corrected chi connectivity index (χ4v) is 2.44. The summed E-state index contributed by atoms with van der Waals surface area (Å²) in [6, 6.07) is 19.7. The van der Waals surface area contributed by atoms with E-state index in [1.807, 2.05) is 67.6 Å². The average Bonchev–Trinajstić information content (AvgIpc) is 2.60. The van der Waals surface area contributed by atoms with Crippen LogP contribution >= 0.6 is 0 Å². The predicted molar refractivity (Wildman–Crippen MR) is 93.1 cm³/mol. The molecule has 3 rings (SSSR count). The van der Waals surface area contributed by atoms with Crippen molar-refractivity contribution >= 4 is 11.6 Å².